The third kappa shape index (κ3) is 4.51. The average molecular weight is 408 g/mol. The zero-order chi connectivity index (χ0) is 19.4. The van der Waals surface area contributed by atoms with Crippen molar-refractivity contribution >= 4 is 21.6 Å². The lowest BCUT2D eigenvalue weighted by molar-refractivity contribution is 0.182. The molecule has 8 heteroatoms. The fraction of sp³-hybridized carbons (Fsp3) is 0.158. The van der Waals surface area contributed by atoms with Crippen LogP contribution >= 0.6 is 11.6 Å². The first-order valence-electron chi connectivity index (χ1n) is 8.06. The number of methoxy groups -OCH3 is 1. The summed E-state index contributed by atoms with van der Waals surface area (Å²) in [4.78, 5) is -0.00586. The lowest BCUT2D eigenvalue weighted by Gasteiger charge is -2.13. The highest BCUT2D eigenvalue weighted by atomic mass is 35.5. The Morgan fingerprint density at radius 3 is 2.52 bits per heavy atom. The largest absolute Gasteiger partial charge is 0.495 e. The quantitative estimate of drug-likeness (QED) is 0.624. The number of sulfonamides is 1. The molecule has 0 spiro atoms. The molecule has 0 unspecified atom stereocenters. The molecule has 0 aliphatic carbocycles. The molecule has 0 aliphatic rings. The fourth-order valence-corrected chi connectivity index (χ4v) is 3.90. The molecule has 27 heavy (non-hydrogen) atoms. The van der Waals surface area contributed by atoms with E-state index in [-0.39, 0.29) is 16.5 Å². The van der Waals surface area contributed by atoms with Crippen molar-refractivity contribution in [2.45, 2.75) is 11.0 Å². The SMILES string of the molecule is COc1ccc(S(=O)(=O)NC[C@H](O)c2ccc(-c3ccco3)cc2)cc1Cl. The summed E-state index contributed by atoms with van der Waals surface area (Å²) in [6.07, 6.45) is 0.581. The minimum atomic E-state index is -3.82. The second-order valence-corrected chi connectivity index (χ2v) is 7.94. The van der Waals surface area contributed by atoms with Crippen LogP contribution < -0.4 is 9.46 Å². The van der Waals surface area contributed by atoms with Crippen molar-refractivity contribution in [2.24, 2.45) is 0 Å². The van der Waals surface area contributed by atoms with Crippen LogP contribution in [0.25, 0.3) is 11.3 Å². The van der Waals surface area contributed by atoms with Crippen molar-refractivity contribution in [2.75, 3.05) is 13.7 Å². The van der Waals surface area contributed by atoms with Crippen LogP contribution in [0.5, 0.6) is 5.75 Å². The van der Waals surface area contributed by atoms with Gasteiger partial charge < -0.3 is 14.3 Å². The fourth-order valence-electron chi connectivity index (χ4n) is 2.52. The topological polar surface area (TPSA) is 88.8 Å². The van der Waals surface area contributed by atoms with E-state index in [2.05, 4.69) is 4.72 Å². The number of aliphatic hydroxyl groups is 1. The van der Waals surface area contributed by atoms with Gasteiger partial charge in [-0.25, -0.2) is 13.1 Å². The Balaban J connectivity index is 1.67. The number of nitrogens with one attached hydrogen (secondary N) is 1. The highest BCUT2D eigenvalue weighted by molar-refractivity contribution is 7.89. The number of hydrogen-bond donors (Lipinski definition) is 2. The van der Waals surface area contributed by atoms with Crippen molar-refractivity contribution in [3.05, 3.63) is 71.4 Å². The van der Waals surface area contributed by atoms with E-state index >= 15 is 0 Å². The molecule has 0 radical (unpaired) electrons. The molecule has 3 aromatic rings. The summed E-state index contributed by atoms with van der Waals surface area (Å²) in [7, 11) is -2.37. The summed E-state index contributed by atoms with van der Waals surface area (Å²) in [6, 6.07) is 14.8. The van der Waals surface area contributed by atoms with E-state index in [0.29, 0.717) is 17.1 Å². The van der Waals surface area contributed by atoms with E-state index in [1.165, 1.54) is 25.3 Å². The third-order valence-electron chi connectivity index (χ3n) is 4.00. The lowest BCUT2D eigenvalue weighted by Crippen LogP contribution is -2.28. The number of halogens is 1. The molecule has 1 atom stereocenters. The zero-order valence-corrected chi connectivity index (χ0v) is 16.0. The maximum absolute atomic E-state index is 12.4. The Morgan fingerprint density at radius 2 is 1.93 bits per heavy atom. The Hall–Kier alpha value is -2.32. The van der Waals surface area contributed by atoms with Crippen LogP contribution in [0.1, 0.15) is 11.7 Å². The summed E-state index contributed by atoms with van der Waals surface area (Å²) >= 11 is 5.98. The van der Waals surface area contributed by atoms with Crippen LogP contribution in [0.3, 0.4) is 0 Å². The van der Waals surface area contributed by atoms with Crippen molar-refractivity contribution in [1.29, 1.82) is 0 Å². The van der Waals surface area contributed by atoms with Crippen LogP contribution in [-0.4, -0.2) is 27.2 Å². The van der Waals surface area contributed by atoms with Gasteiger partial charge in [-0.3, -0.25) is 0 Å². The maximum atomic E-state index is 12.4. The van der Waals surface area contributed by atoms with Gasteiger partial charge >= 0.3 is 0 Å². The smallest absolute Gasteiger partial charge is 0.240 e. The van der Waals surface area contributed by atoms with Gasteiger partial charge in [0, 0.05) is 12.1 Å². The standard InChI is InChI=1S/C19H18ClNO5S/c1-25-19-9-8-15(11-16(19)20)27(23,24)21-12-17(22)13-4-6-14(7-5-13)18-3-2-10-26-18/h2-11,17,21-22H,12H2,1H3/t17-/m0/s1. The molecule has 3 rings (SSSR count). The van der Waals surface area contributed by atoms with Gasteiger partial charge in [0.05, 0.1) is 29.4 Å². The number of ether oxygens (including phenoxy) is 1. The number of rotatable bonds is 7. The summed E-state index contributed by atoms with van der Waals surface area (Å²) in [6.45, 7) is -0.175. The molecule has 1 aromatic heterocycles. The number of furan rings is 1. The van der Waals surface area contributed by atoms with E-state index in [9.17, 15) is 13.5 Å². The predicted octanol–water partition coefficient (Wildman–Crippen LogP) is 3.62. The molecule has 0 fully saturated rings. The maximum Gasteiger partial charge on any atom is 0.240 e. The van der Waals surface area contributed by atoms with Crippen LogP contribution in [0, 0.1) is 0 Å². The van der Waals surface area contributed by atoms with Gasteiger partial charge in [0.15, 0.2) is 0 Å². The molecule has 2 aromatic carbocycles. The zero-order valence-electron chi connectivity index (χ0n) is 14.4. The van der Waals surface area contributed by atoms with Gasteiger partial charge in [-0.15, -0.1) is 0 Å². The van der Waals surface area contributed by atoms with Gasteiger partial charge in [0.25, 0.3) is 0 Å². The third-order valence-corrected chi connectivity index (χ3v) is 5.72. The molecule has 0 saturated heterocycles. The second kappa shape index (κ2) is 8.14. The molecule has 0 aliphatic heterocycles. The van der Waals surface area contributed by atoms with Crippen LogP contribution in [0.2, 0.25) is 5.02 Å². The van der Waals surface area contributed by atoms with Crippen LogP contribution in [-0.2, 0) is 10.0 Å². The van der Waals surface area contributed by atoms with Crippen molar-refractivity contribution < 1.29 is 22.7 Å². The van der Waals surface area contributed by atoms with Crippen LogP contribution in [0.15, 0.2) is 70.2 Å². The Labute approximate surface area is 162 Å². The van der Waals surface area contributed by atoms with Gasteiger partial charge in [-0.2, -0.15) is 0 Å². The van der Waals surface area contributed by atoms with E-state index in [4.69, 9.17) is 20.8 Å². The summed E-state index contributed by atoms with van der Waals surface area (Å²) in [5.74, 6) is 1.10. The van der Waals surface area contributed by atoms with Gasteiger partial charge in [-0.05, 0) is 35.9 Å². The molecule has 6 nitrogen and oxygen atoms in total. The average Bonchev–Trinajstić information content (AvgIpc) is 3.21. The van der Waals surface area contributed by atoms with E-state index in [0.717, 1.165) is 5.56 Å². The first-order chi connectivity index (χ1) is 12.9. The summed E-state index contributed by atoms with van der Waals surface area (Å²) in [5, 5.41) is 10.5. The molecule has 2 N–H and O–H groups in total. The normalized spacial score (nSPS) is 12.7. The molecule has 142 valence electrons. The summed E-state index contributed by atoms with van der Waals surface area (Å²) in [5.41, 5.74) is 1.45. The van der Waals surface area contributed by atoms with Crippen molar-refractivity contribution in [3.8, 4) is 17.1 Å². The van der Waals surface area contributed by atoms with Gasteiger partial charge in [0.2, 0.25) is 10.0 Å². The number of aliphatic hydroxyl groups excluding tert-OH is 1. The highest BCUT2D eigenvalue weighted by Crippen LogP contribution is 2.27. The predicted molar refractivity (Wildman–Crippen MR) is 102 cm³/mol. The monoisotopic (exact) mass is 407 g/mol. The van der Waals surface area contributed by atoms with Crippen LogP contribution in [0.4, 0.5) is 0 Å². The Morgan fingerprint density at radius 1 is 1.19 bits per heavy atom. The molecule has 0 amide bonds. The van der Waals surface area contributed by atoms with Gasteiger partial charge in [0.1, 0.15) is 11.5 Å². The number of hydrogen-bond acceptors (Lipinski definition) is 5. The highest BCUT2D eigenvalue weighted by Gasteiger charge is 2.18. The van der Waals surface area contributed by atoms with E-state index in [1.807, 2.05) is 6.07 Å². The van der Waals surface area contributed by atoms with Crippen molar-refractivity contribution in [1.82, 2.24) is 4.72 Å². The summed E-state index contributed by atoms with van der Waals surface area (Å²) < 4.78 is 37.5. The van der Waals surface area contributed by atoms with Crippen molar-refractivity contribution in [3.63, 3.8) is 0 Å². The van der Waals surface area contributed by atoms with E-state index in [1.54, 1.807) is 36.6 Å². The first kappa shape index (κ1) is 19.4. The Kier molecular flexibility index (Phi) is 5.86. The Bertz CT molecular complexity index is 1000. The second-order valence-electron chi connectivity index (χ2n) is 5.76. The molecular weight excluding hydrogens is 390 g/mol. The molecular formula is C19H18ClNO5S. The molecule has 1 heterocycles. The van der Waals surface area contributed by atoms with E-state index < -0.39 is 16.1 Å². The number of benzene rings is 2. The van der Waals surface area contributed by atoms with Gasteiger partial charge in [-0.1, -0.05) is 35.9 Å². The molecule has 0 saturated carbocycles. The lowest BCUT2D eigenvalue weighted by atomic mass is 10.1. The minimum Gasteiger partial charge on any atom is -0.495 e. The first-order valence-corrected chi connectivity index (χ1v) is 9.92. The minimum absolute atomic E-state index is 0.00586. The molecule has 0 bridgehead atoms.